The summed E-state index contributed by atoms with van der Waals surface area (Å²) >= 11 is 8.46. The summed E-state index contributed by atoms with van der Waals surface area (Å²) in [5.41, 5.74) is 0.547. The predicted molar refractivity (Wildman–Crippen MR) is 108 cm³/mol. The lowest BCUT2D eigenvalue weighted by Crippen LogP contribution is -2.17. The Hall–Kier alpha value is -2.60. The Balaban J connectivity index is 1.90. The molecule has 1 amide bonds. The number of aromatic nitrogens is 1. The molecule has 1 heterocycles. The standard InChI is InChI=1S/C18H12ClN3O3S2/c1-2-9-21-15-10-13(22(24)25)5-8-16(15)27-18(21)20-17(23)11-26-14-6-3-12(19)4-7-14/h1,3-8,10H,9,11H2. The van der Waals surface area contributed by atoms with E-state index in [4.69, 9.17) is 18.0 Å². The molecule has 0 saturated carbocycles. The molecular formula is C18H12ClN3O3S2. The first kappa shape index (κ1) is 19.2. The number of benzene rings is 2. The number of hydrogen-bond acceptors (Lipinski definition) is 5. The number of non-ortho nitro benzene ring substituents is 1. The number of terminal acetylenes is 1. The molecule has 0 unspecified atom stereocenters. The van der Waals surface area contributed by atoms with E-state index in [1.54, 1.807) is 22.8 Å². The van der Waals surface area contributed by atoms with Gasteiger partial charge in [-0.2, -0.15) is 4.99 Å². The number of thiazole rings is 1. The van der Waals surface area contributed by atoms with Crippen molar-refractivity contribution >= 4 is 56.5 Å². The number of nitro benzene ring substituents is 1. The number of fused-ring (bicyclic) bond motifs is 1. The van der Waals surface area contributed by atoms with Crippen LogP contribution in [0.25, 0.3) is 10.2 Å². The zero-order chi connectivity index (χ0) is 19.4. The van der Waals surface area contributed by atoms with Crippen LogP contribution < -0.4 is 4.80 Å². The molecule has 136 valence electrons. The topological polar surface area (TPSA) is 77.5 Å². The van der Waals surface area contributed by atoms with Crippen molar-refractivity contribution in [2.24, 2.45) is 4.99 Å². The van der Waals surface area contributed by atoms with E-state index in [1.807, 2.05) is 12.1 Å². The summed E-state index contributed by atoms with van der Waals surface area (Å²) in [6, 6.07) is 11.7. The number of carbonyl (C=O) groups is 1. The normalized spacial score (nSPS) is 11.5. The van der Waals surface area contributed by atoms with E-state index in [-0.39, 0.29) is 23.9 Å². The van der Waals surface area contributed by atoms with Crippen LogP contribution in [0.3, 0.4) is 0 Å². The molecule has 2 aromatic carbocycles. The van der Waals surface area contributed by atoms with Gasteiger partial charge in [0.2, 0.25) is 0 Å². The highest BCUT2D eigenvalue weighted by Crippen LogP contribution is 2.23. The molecule has 9 heteroatoms. The van der Waals surface area contributed by atoms with Crippen LogP contribution in [0.2, 0.25) is 5.02 Å². The molecule has 0 radical (unpaired) electrons. The SMILES string of the molecule is C#CCn1c(=NC(=O)CSc2ccc(Cl)cc2)sc2ccc([N+](=O)[O-])cc21. The number of carbonyl (C=O) groups excluding carboxylic acids is 1. The first-order valence-electron chi connectivity index (χ1n) is 7.65. The molecule has 0 atom stereocenters. The van der Waals surface area contributed by atoms with Gasteiger partial charge in [0.1, 0.15) is 0 Å². The van der Waals surface area contributed by atoms with Gasteiger partial charge in [-0.1, -0.05) is 28.9 Å². The zero-order valence-corrected chi connectivity index (χ0v) is 16.2. The van der Waals surface area contributed by atoms with Gasteiger partial charge in [0.15, 0.2) is 4.80 Å². The molecule has 3 aromatic rings. The first-order valence-corrected chi connectivity index (χ1v) is 9.83. The number of hydrogen-bond donors (Lipinski definition) is 0. The van der Waals surface area contributed by atoms with E-state index in [9.17, 15) is 14.9 Å². The Morgan fingerprint density at radius 1 is 1.33 bits per heavy atom. The van der Waals surface area contributed by atoms with Gasteiger partial charge in [-0.05, 0) is 30.3 Å². The molecule has 27 heavy (non-hydrogen) atoms. The minimum absolute atomic E-state index is 0.0396. The fourth-order valence-corrected chi connectivity index (χ4v) is 4.15. The maximum atomic E-state index is 12.3. The van der Waals surface area contributed by atoms with Crippen LogP contribution >= 0.6 is 34.7 Å². The number of amides is 1. The summed E-state index contributed by atoms with van der Waals surface area (Å²) < 4.78 is 2.41. The lowest BCUT2D eigenvalue weighted by Gasteiger charge is -2.00. The van der Waals surface area contributed by atoms with Crippen molar-refractivity contribution in [3.8, 4) is 12.3 Å². The van der Waals surface area contributed by atoms with Crippen molar-refractivity contribution in [1.29, 1.82) is 0 Å². The molecule has 0 aliphatic rings. The lowest BCUT2D eigenvalue weighted by molar-refractivity contribution is -0.384. The summed E-state index contributed by atoms with van der Waals surface area (Å²) in [5, 5.41) is 11.6. The third-order valence-electron chi connectivity index (χ3n) is 3.52. The fourth-order valence-electron chi connectivity index (χ4n) is 2.32. The maximum absolute atomic E-state index is 12.3. The van der Waals surface area contributed by atoms with Crippen molar-refractivity contribution in [1.82, 2.24) is 4.57 Å². The molecule has 3 rings (SSSR count). The number of nitrogens with zero attached hydrogens (tertiary/aromatic N) is 3. The molecule has 0 fully saturated rings. The maximum Gasteiger partial charge on any atom is 0.271 e. The van der Waals surface area contributed by atoms with Gasteiger partial charge in [-0.3, -0.25) is 14.9 Å². The van der Waals surface area contributed by atoms with Crippen LogP contribution in [0.15, 0.2) is 52.4 Å². The van der Waals surface area contributed by atoms with Crippen molar-refractivity contribution in [3.63, 3.8) is 0 Å². The monoisotopic (exact) mass is 417 g/mol. The molecule has 0 saturated heterocycles. The molecule has 6 nitrogen and oxygen atoms in total. The van der Waals surface area contributed by atoms with Gasteiger partial charge < -0.3 is 4.57 Å². The zero-order valence-electron chi connectivity index (χ0n) is 13.8. The van der Waals surface area contributed by atoms with Crippen molar-refractivity contribution < 1.29 is 9.72 Å². The highest BCUT2D eigenvalue weighted by Gasteiger charge is 2.12. The van der Waals surface area contributed by atoms with Crippen LogP contribution in [-0.4, -0.2) is 21.2 Å². The molecule has 0 aliphatic carbocycles. The second-order valence-corrected chi connectivity index (χ2v) is 7.83. The van der Waals surface area contributed by atoms with E-state index in [2.05, 4.69) is 10.9 Å². The van der Waals surface area contributed by atoms with Crippen LogP contribution in [-0.2, 0) is 11.3 Å². The van der Waals surface area contributed by atoms with E-state index in [1.165, 1.54) is 35.2 Å². The molecule has 1 aromatic heterocycles. The highest BCUT2D eigenvalue weighted by atomic mass is 35.5. The van der Waals surface area contributed by atoms with Gasteiger partial charge >= 0.3 is 0 Å². The average Bonchev–Trinajstić information content (AvgIpc) is 2.98. The predicted octanol–water partition coefficient (Wildman–Crippen LogP) is 4.12. The first-order chi connectivity index (χ1) is 13.0. The Morgan fingerprint density at radius 3 is 2.74 bits per heavy atom. The van der Waals surface area contributed by atoms with Crippen molar-refractivity contribution in [2.75, 3.05) is 5.75 Å². The minimum Gasteiger partial charge on any atom is -0.304 e. The van der Waals surface area contributed by atoms with Gasteiger partial charge in [-0.25, -0.2) is 0 Å². The smallest absolute Gasteiger partial charge is 0.271 e. The van der Waals surface area contributed by atoms with E-state index in [0.29, 0.717) is 15.3 Å². The number of thioether (sulfide) groups is 1. The third kappa shape index (κ3) is 4.57. The van der Waals surface area contributed by atoms with Gasteiger partial charge in [0.25, 0.3) is 11.6 Å². The summed E-state index contributed by atoms with van der Waals surface area (Å²) in [6.45, 7) is 0.164. The average molecular weight is 418 g/mol. The van der Waals surface area contributed by atoms with Crippen molar-refractivity contribution in [2.45, 2.75) is 11.4 Å². The largest absolute Gasteiger partial charge is 0.304 e. The molecule has 0 N–H and O–H groups in total. The highest BCUT2D eigenvalue weighted by molar-refractivity contribution is 8.00. The van der Waals surface area contributed by atoms with Crippen LogP contribution in [0.4, 0.5) is 5.69 Å². The third-order valence-corrected chi connectivity index (χ3v) is 5.83. The molecule has 0 aliphatic heterocycles. The summed E-state index contributed by atoms with van der Waals surface area (Å²) in [5.74, 6) is 2.34. The molecule has 0 spiro atoms. The van der Waals surface area contributed by atoms with Crippen molar-refractivity contribution in [3.05, 3.63) is 62.4 Å². The van der Waals surface area contributed by atoms with E-state index < -0.39 is 4.92 Å². The molecule has 0 bridgehead atoms. The number of halogens is 1. The Labute approximate surface area is 167 Å². The lowest BCUT2D eigenvalue weighted by atomic mass is 10.3. The van der Waals surface area contributed by atoms with Gasteiger partial charge in [-0.15, -0.1) is 18.2 Å². The summed E-state index contributed by atoms with van der Waals surface area (Å²) in [7, 11) is 0. The Kier molecular flexibility index (Phi) is 5.96. The van der Waals surface area contributed by atoms with Gasteiger partial charge in [0, 0.05) is 22.1 Å². The quantitative estimate of drug-likeness (QED) is 0.271. The second-order valence-electron chi connectivity index (χ2n) is 5.33. The molecular weight excluding hydrogens is 406 g/mol. The van der Waals surface area contributed by atoms with Crippen LogP contribution in [0.1, 0.15) is 0 Å². The Morgan fingerprint density at radius 2 is 2.07 bits per heavy atom. The van der Waals surface area contributed by atoms with Gasteiger partial charge in [0.05, 0.1) is 27.4 Å². The van der Waals surface area contributed by atoms with E-state index >= 15 is 0 Å². The van der Waals surface area contributed by atoms with E-state index in [0.717, 1.165) is 9.60 Å². The summed E-state index contributed by atoms with van der Waals surface area (Å²) in [6.07, 6.45) is 5.41. The number of rotatable bonds is 5. The summed E-state index contributed by atoms with van der Waals surface area (Å²) in [4.78, 5) is 28.3. The minimum atomic E-state index is -0.470. The second kappa shape index (κ2) is 8.39. The van der Waals surface area contributed by atoms with Crippen LogP contribution in [0.5, 0.6) is 0 Å². The fraction of sp³-hybridized carbons (Fsp3) is 0.111. The van der Waals surface area contributed by atoms with Crippen LogP contribution in [0, 0.1) is 22.5 Å². The number of nitro groups is 1. The Bertz CT molecular complexity index is 1130.